The summed E-state index contributed by atoms with van der Waals surface area (Å²) in [5.41, 5.74) is 4.07. The van der Waals surface area contributed by atoms with E-state index in [9.17, 15) is 0 Å². The number of quaternary nitrogens is 1. The predicted molar refractivity (Wildman–Crippen MR) is 83.9 cm³/mol. The van der Waals surface area contributed by atoms with Crippen LogP contribution in [0.5, 0.6) is 0 Å². The van der Waals surface area contributed by atoms with E-state index in [4.69, 9.17) is 0 Å². The summed E-state index contributed by atoms with van der Waals surface area (Å²) in [6.45, 7) is 2.22. The summed E-state index contributed by atoms with van der Waals surface area (Å²) >= 11 is 0. The molecule has 1 unspecified atom stereocenters. The van der Waals surface area contributed by atoms with Crippen molar-refractivity contribution >= 4 is 10.9 Å². The number of para-hydroxylation sites is 1. The molecule has 0 spiro atoms. The van der Waals surface area contributed by atoms with Crippen LogP contribution in [0.15, 0.2) is 60.8 Å². The first-order valence-electron chi connectivity index (χ1n) is 7.23. The van der Waals surface area contributed by atoms with Gasteiger partial charge in [0.2, 0.25) is 0 Å². The molecule has 102 valence electrons. The molecule has 0 fully saturated rings. The van der Waals surface area contributed by atoms with E-state index in [2.05, 4.69) is 72.8 Å². The fourth-order valence-corrected chi connectivity index (χ4v) is 2.69. The molecule has 2 heteroatoms. The van der Waals surface area contributed by atoms with Gasteiger partial charge in [-0.1, -0.05) is 48.5 Å². The molecule has 0 amide bonds. The standard InChI is InChI=1S/C18H20N2/c1-20(12-11-15-7-3-2-4-8-15)14-16-13-19-18-10-6-5-9-17(16)18/h2-10,13,19H,11-12,14H2,1H3/p+1. The van der Waals surface area contributed by atoms with Gasteiger partial charge in [-0.2, -0.15) is 0 Å². The van der Waals surface area contributed by atoms with Crippen LogP contribution in [0.2, 0.25) is 0 Å². The molecule has 3 aromatic rings. The molecule has 20 heavy (non-hydrogen) atoms. The highest BCUT2D eigenvalue weighted by Gasteiger charge is 2.08. The molecule has 2 N–H and O–H groups in total. The van der Waals surface area contributed by atoms with Crippen LogP contribution in [-0.4, -0.2) is 18.6 Å². The van der Waals surface area contributed by atoms with Crippen LogP contribution < -0.4 is 4.90 Å². The zero-order valence-electron chi connectivity index (χ0n) is 11.9. The minimum atomic E-state index is 1.07. The van der Waals surface area contributed by atoms with Gasteiger partial charge in [-0.3, -0.25) is 0 Å². The molecule has 0 radical (unpaired) electrons. The summed E-state index contributed by atoms with van der Waals surface area (Å²) in [6, 6.07) is 19.2. The van der Waals surface area contributed by atoms with Crippen LogP contribution in [0.1, 0.15) is 11.1 Å². The molecule has 0 aliphatic heterocycles. The van der Waals surface area contributed by atoms with E-state index in [0.717, 1.165) is 19.5 Å². The second-order valence-corrected chi connectivity index (χ2v) is 5.48. The number of likely N-dealkylation sites (N-methyl/N-ethyl adjacent to an activating group) is 1. The Kier molecular flexibility index (Phi) is 3.84. The molecule has 0 aliphatic carbocycles. The van der Waals surface area contributed by atoms with Crippen molar-refractivity contribution in [3.63, 3.8) is 0 Å². The lowest BCUT2D eigenvalue weighted by molar-refractivity contribution is -0.893. The lowest BCUT2D eigenvalue weighted by atomic mass is 10.1. The summed E-state index contributed by atoms with van der Waals surface area (Å²) < 4.78 is 0. The third-order valence-electron chi connectivity index (χ3n) is 3.85. The number of rotatable bonds is 5. The smallest absolute Gasteiger partial charge is 0.105 e. The average molecular weight is 265 g/mol. The molecule has 1 atom stereocenters. The fourth-order valence-electron chi connectivity index (χ4n) is 2.69. The summed E-state index contributed by atoms with van der Waals surface area (Å²) in [5.74, 6) is 0. The van der Waals surface area contributed by atoms with Gasteiger partial charge in [-0.15, -0.1) is 0 Å². The Balaban J connectivity index is 1.63. The number of aromatic nitrogens is 1. The van der Waals surface area contributed by atoms with Gasteiger partial charge >= 0.3 is 0 Å². The Hall–Kier alpha value is -2.06. The molecule has 2 nitrogen and oxygen atoms in total. The monoisotopic (exact) mass is 265 g/mol. The first-order chi connectivity index (χ1) is 9.83. The highest BCUT2D eigenvalue weighted by atomic mass is 15.1. The first kappa shape index (κ1) is 12.9. The van der Waals surface area contributed by atoms with Gasteiger partial charge in [0.15, 0.2) is 0 Å². The van der Waals surface area contributed by atoms with E-state index in [0.29, 0.717) is 0 Å². The molecule has 0 aliphatic rings. The van der Waals surface area contributed by atoms with E-state index in [1.54, 1.807) is 4.90 Å². The van der Waals surface area contributed by atoms with Crippen molar-refractivity contribution in [1.82, 2.24) is 4.98 Å². The number of nitrogens with one attached hydrogen (secondary N) is 2. The minimum Gasteiger partial charge on any atom is -0.361 e. The molecule has 3 rings (SSSR count). The predicted octanol–water partition coefficient (Wildman–Crippen LogP) is 2.43. The summed E-state index contributed by atoms with van der Waals surface area (Å²) in [5, 5.41) is 1.35. The summed E-state index contributed by atoms with van der Waals surface area (Å²) in [4.78, 5) is 4.89. The average Bonchev–Trinajstić information content (AvgIpc) is 2.90. The van der Waals surface area contributed by atoms with Crippen LogP contribution in [0.4, 0.5) is 0 Å². The van der Waals surface area contributed by atoms with Gasteiger partial charge in [0, 0.05) is 29.1 Å². The van der Waals surface area contributed by atoms with Gasteiger partial charge in [-0.25, -0.2) is 0 Å². The zero-order valence-corrected chi connectivity index (χ0v) is 11.9. The molecule has 0 saturated heterocycles. The van der Waals surface area contributed by atoms with Crippen molar-refractivity contribution < 1.29 is 4.90 Å². The van der Waals surface area contributed by atoms with Crippen molar-refractivity contribution in [2.45, 2.75) is 13.0 Å². The van der Waals surface area contributed by atoms with Gasteiger partial charge in [-0.05, 0) is 11.6 Å². The third kappa shape index (κ3) is 2.91. The maximum Gasteiger partial charge on any atom is 0.105 e. The number of benzene rings is 2. The van der Waals surface area contributed by atoms with Crippen LogP contribution in [0, 0.1) is 0 Å². The van der Waals surface area contributed by atoms with Crippen LogP contribution in [-0.2, 0) is 13.0 Å². The second-order valence-electron chi connectivity index (χ2n) is 5.48. The quantitative estimate of drug-likeness (QED) is 0.707. The largest absolute Gasteiger partial charge is 0.361 e. The molecule has 1 aromatic heterocycles. The first-order valence-corrected chi connectivity index (χ1v) is 7.23. The van der Waals surface area contributed by atoms with Gasteiger partial charge < -0.3 is 9.88 Å². The Morgan fingerprint density at radius 1 is 0.950 bits per heavy atom. The lowest BCUT2D eigenvalue weighted by Crippen LogP contribution is -3.07. The normalized spacial score (nSPS) is 12.7. The molecule has 1 heterocycles. The van der Waals surface area contributed by atoms with E-state index in [1.807, 2.05) is 0 Å². The highest BCUT2D eigenvalue weighted by Crippen LogP contribution is 2.16. The molecule has 0 saturated carbocycles. The second kappa shape index (κ2) is 5.93. The van der Waals surface area contributed by atoms with Crippen molar-refractivity contribution in [3.8, 4) is 0 Å². The third-order valence-corrected chi connectivity index (χ3v) is 3.85. The van der Waals surface area contributed by atoms with Crippen molar-refractivity contribution in [1.29, 1.82) is 0 Å². The Morgan fingerprint density at radius 2 is 1.70 bits per heavy atom. The van der Waals surface area contributed by atoms with Crippen LogP contribution in [0.25, 0.3) is 10.9 Å². The Bertz CT molecular complexity index is 670. The summed E-state index contributed by atoms with van der Waals surface area (Å²) in [7, 11) is 2.27. The fraction of sp³-hybridized carbons (Fsp3) is 0.222. The van der Waals surface area contributed by atoms with Gasteiger partial charge in [0.1, 0.15) is 6.54 Å². The maximum absolute atomic E-state index is 3.35. The van der Waals surface area contributed by atoms with Crippen LogP contribution >= 0.6 is 0 Å². The zero-order chi connectivity index (χ0) is 13.8. The maximum atomic E-state index is 3.35. The van der Waals surface area contributed by atoms with Crippen molar-refractivity contribution in [3.05, 3.63) is 71.9 Å². The molecular formula is C18H21N2+. The van der Waals surface area contributed by atoms with E-state index in [1.165, 1.54) is 22.0 Å². The lowest BCUT2D eigenvalue weighted by Gasteiger charge is -2.13. The SMILES string of the molecule is C[NH+](CCc1ccccc1)Cc1c[nH]c2ccccc12. The highest BCUT2D eigenvalue weighted by molar-refractivity contribution is 5.82. The number of hydrogen-bond acceptors (Lipinski definition) is 0. The van der Waals surface area contributed by atoms with Crippen molar-refractivity contribution in [2.24, 2.45) is 0 Å². The topological polar surface area (TPSA) is 20.2 Å². The molecular weight excluding hydrogens is 244 g/mol. The Labute approximate surface area is 120 Å². The number of H-pyrrole nitrogens is 1. The van der Waals surface area contributed by atoms with E-state index < -0.39 is 0 Å². The van der Waals surface area contributed by atoms with Crippen LogP contribution in [0.3, 0.4) is 0 Å². The Morgan fingerprint density at radius 3 is 2.55 bits per heavy atom. The van der Waals surface area contributed by atoms with Gasteiger partial charge in [0.25, 0.3) is 0 Å². The van der Waals surface area contributed by atoms with E-state index in [-0.39, 0.29) is 0 Å². The molecule has 2 aromatic carbocycles. The van der Waals surface area contributed by atoms with E-state index >= 15 is 0 Å². The summed E-state index contributed by atoms with van der Waals surface area (Å²) in [6.07, 6.45) is 3.28. The minimum absolute atomic E-state index is 1.07. The molecule has 0 bridgehead atoms. The van der Waals surface area contributed by atoms with Crippen molar-refractivity contribution in [2.75, 3.05) is 13.6 Å². The van der Waals surface area contributed by atoms with Gasteiger partial charge in [0.05, 0.1) is 13.6 Å². The number of fused-ring (bicyclic) bond motifs is 1. The number of aromatic amines is 1. The number of hydrogen-bond donors (Lipinski definition) is 2.